The molecule has 1 N–H and O–H groups in total. The number of unbranched alkanes of at least 4 members (excludes halogenated alkanes) is 1. The number of carbonyl (C=O) groups is 3. The average Bonchev–Trinajstić information content (AvgIpc) is 3.30. The van der Waals surface area contributed by atoms with Crippen molar-refractivity contribution < 1.29 is 18.8 Å². The van der Waals surface area contributed by atoms with Crippen molar-refractivity contribution in [1.29, 1.82) is 0 Å². The Morgan fingerprint density at radius 3 is 2.57 bits per heavy atom. The molecule has 2 aromatic rings. The molecule has 30 heavy (non-hydrogen) atoms. The highest BCUT2D eigenvalue weighted by molar-refractivity contribution is 5.89. The SMILES string of the molecule is CCCCNC(=O)N1Cc2c(N(C=O)c3ccc(F)cc3)nn(C(=O)C(C)C)c2C1. The summed E-state index contributed by atoms with van der Waals surface area (Å²) in [6.45, 7) is 6.58. The maximum absolute atomic E-state index is 13.3. The summed E-state index contributed by atoms with van der Waals surface area (Å²) in [5, 5.41) is 7.27. The second-order valence-electron chi connectivity index (χ2n) is 7.55. The Kier molecular flexibility index (Phi) is 6.49. The summed E-state index contributed by atoms with van der Waals surface area (Å²) in [6.07, 6.45) is 2.42. The van der Waals surface area contributed by atoms with Gasteiger partial charge in [0.1, 0.15) is 5.82 Å². The number of anilines is 2. The van der Waals surface area contributed by atoms with Crippen molar-refractivity contribution in [1.82, 2.24) is 20.0 Å². The minimum atomic E-state index is -0.426. The number of benzene rings is 1. The van der Waals surface area contributed by atoms with Gasteiger partial charge in [0, 0.05) is 18.0 Å². The number of fused-ring (bicyclic) bond motifs is 1. The van der Waals surface area contributed by atoms with Crippen molar-refractivity contribution in [3.63, 3.8) is 0 Å². The van der Waals surface area contributed by atoms with Crippen LogP contribution in [0, 0.1) is 11.7 Å². The summed E-state index contributed by atoms with van der Waals surface area (Å²) >= 11 is 0. The number of amides is 3. The van der Waals surface area contributed by atoms with Crippen molar-refractivity contribution in [2.75, 3.05) is 11.4 Å². The average molecular weight is 415 g/mol. The third-order valence-corrected chi connectivity index (χ3v) is 4.99. The molecule has 1 aliphatic heterocycles. The van der Waals surface area contributed by atoms with E-state index in [1.165, 1.54) is 33.8 Å². The van der Waals surface area contributed by atoms with Gasteiger partial charge in [-0.1, -0.05) is 27.2 Å². The van der Waals surface area contributed by atoms with Crippen LogP contribution in [0.1, 0.15) is 49.7 Å². The summed E-state index contributed by atoms with van der Waals surface area (Å²) in [7, 11) is 0. The second-order valence-corrected chi connectivity index (χ2v) is 7.55. The van der Waals surface area contributed by atoms with E-state index in [0.717, 1.165) is 12.8 Å². The van der Waals surface area contributed by atoms with Crippen LogP contribution >= 0.6 is 0 Å². The number of carbonyl (C=O) groups excluding carboxylic acids is 3. The van der Waals surface area contributed by atoms with E-state index >= 15 is 0 Å². The van der Waals surface area contributed by atoms with Gasteiger partial charge in [-0.2, -0.15) is 0 Å². The Bertz CT molecular complexity index is 939. The summed E-state index contributed by atoms with van der Waals surface area (Å²) in [5.74, 6) is -0.699. The number of nitrogens with zero attached hydrogens (tertiary/aromatic N) is 4. The normalized spacial score (nSPS) is 12.8. The van der Waals surface area contributed by atoms with Crippen molar-refractivity contribution in [2.45, 2.75) is 46.7 Å². The number of halogens is 1. The minimum Gasteiger partial charge on any atom is -0.338 e. The minimum absolute atomic E-state index is 0.217. The molecule has 3 amide bonds. The fraction of sp³-hybridized carbons (Fsp3) is 0.429. The molecule has 3 rings (SSSR count). The molecule has 0 unspecified atom stereocenters. The molecule has 2 heterocycles. The van der Waals surface area contributed by atoms with Crippen LogP contribution in [0.4, 0.5) is 20.7 Å². The molecular weight excluding hydrogens is 389 g/mol. The van der Waals surface area contributed by atoms with Gasteiger partial charge in [0.2, 0.25) is 12.3 Å². The lowest BCUT2D eigenvalue weighted by Gasteiger charge is -2.19. The molecule has 0 radical (unpaired) electrons. The highest BCUT2D eigenvalue weighted by atomic mass is 19.1. The van der Waals surface area contributed by atoms with E-state index in [1.54, 1.807) is 18.7 Å². The Morgan fingerprint density at radius 2 is 1.97 bits per heavy atom. The maximum Gasteiger partial charge on any atom is 0.318 e. The van der Waals surface area contributed by atoms with Crippen molar-refractivity contribution >= 4 is 29.9 Å². The molecule has 0 aliphatic carbocycles. The van der Waals surface area contributed by atoms with Crippen molar-refractivity contribution in [2.24, 2.45) is 5.92 Å². The molecule has 8 nitrogen and oxygen atoms in total. The first-order valence-electron chi connectivity index (χ1n) is 10.0. The van der Waals surface area contributed by atoms with E-state index in [0.29, 0.717) is 29.9 Å². The molecule has 0 saturated heterocycles. The Hall–Kier alpha value is -3.23. The molecule has 0 spiro atoms. The van der Waals surface area contributed by atoms with Crippen molar-refractivity contribution in [3.8, 4) is 0 Å². The first-order valence-corrected chi connectivity index (χ1v) is 10.0. The zero-order chi connectivity index (χ0) is 21.8. The van der Waals surface area contributed by atoms with E-state index in [2.05, 4.69) is 10.4 Å². The van der Waals surface area contributed by atoms with Crippen LogP contribution < -0.4 is 10.2 Å². The predicted molar refractivity (Wildman–Crippen MR) is 110 cm³/mol. The third-order valence-electron chi connectivity index (χ3n) is 4.99. The number of urea groups is 1. The molecule has 160 valence electrons. The zero-order valence-corrected chi connectivity index (χ0v) is 17.4. The highest BCUT2D eigenvalue weighted by Gasteiger charge is 2.35. The summed E-state index contributed by atoms with van der Waals surface area (Å²) < 4.78 is 14.6. The van der Waals surface area contributed by atoms with Crippen LogP contribution in [0.15, 0.2) is 24.3 Å². The summed E-state index contributed by atoms with van der Waals surface area (Å²) in [5.41, 5.74) is 1.64. The molecule has 1 aliphatic rings. The summed E-state index contributed by atoms with van der Waals surface area (Å²) in [4.78, 5) is 40.0. The van der Waals surface area contributed by atoms with Crippen LogP contribution in [0.5, 0.6) is 0 Å². The summed E-state index contributed by atoms with van der Waals surface area (Å²) in [6, 6.07) is 5.19. The number of hydrogen-bond acceptors (Lipinski definition) is 4. The molecular formula is C21H26FN5O3. The molecule has 0 saturated carbocycles. The van der Waals surface area contributed by atoms with Gasteiger partial charge in [0.25, 0.3) is 0 Å². The van der Waals surface area contributed by atoms with Crippen LogP contribution in [-0.2, 0) is 17.9 Å². The Balaban J connectivity index is 1.97. The van der Waals surface area contributed by atoms with Gasteiger partial charge in [-0.3, -0.25) is 14.5 Å². The second kappa shape index (κ2) is 9.06. The molecule has 1 aromatic heterocycles. The maximum atomic E-state index is 13.3. The standard InChI is InChI=1S/C21H26FN5O3/c1-4-5-10-23-21(30)25-11-17-18(12-25)27(20(29)14(2)3)24-19(17)26(13-28)16-8-6-15(22)7-9-16/h6-9,13-14H,4-5,10-12H2,1-3H3,(H,23,30). The van der Waals surface area contributed by atoms with Crippen LogP contribution in [-0.4, -0.2) is 39.6 Å². The van der Waals surface area contributed by atoms with E-state index < -0.39 is 5.82 Å². The van der Waals surface area contributed by atoms with Gasteiger partial charge in [-0.15, -0.1) is 5.10 Å². The van der Waals surface area contributed by atoms with E-state index in [1.807, 2.05) is 6.92 Å². The van der Waals surface area contributed by atoms with Gasteiger partial charge in [0.05, 0.1) is 24.5 Å². The third kappa shape index (κ3) is 4.19. The van der Waals surface area contributed by atoms with Crippen LogP contribution in [0.25, 0.3) is 0 Å². The smallest absolute Gasteiger partial charge is 0.318 e. The quantitative estimate of drug-likeness (QED) is 0.554. The van der Waals surface area contributed by atoms with E-state index in [-0.39, 0.29) is 36.8 Å². The zero-order valence-electron chi connectivity index (χ0n) is 17.4. The number of rotatable bonds is 7. The van der Waals surface area contributed by atoms with Gasteiger partial charge in [0.15, 0.2) is 5.82 Å². The lowest BCUT2D eigenvalue weighted by molar-refractivity contribution is -0.106. The highest BCUT2D eigenvalue weighted by Crippen LogP contribution is 2.34. The number of nitrogens with one attached hydrogen (secondary N) is 1. The Morgan fingerprint density at radius 1 is 1.27 bits per heavy atom. The van der Waals surface area contributed by atoms with E-state index in [4.69, 9.17) is 0 Å². The fourth-order valence-corrected chi connectivity index (χ4v) is 3.31. The lowest BCUT2D eigenvalue weighted by Crippen LogP contribution is -2.37. The van der Waals surface area contributed by atoms with E-state index in [9.17, 15) is 18.8 Å². The first-order chi connectivity index (χ1) is 14.4. The lowest BCUT2D eigenvalue weighted by atomic mass is 10.2. The van der Waals surface area contributed by atoms with Gasteiger partial charge in [-0.05, 0) is 30.7 Å². The molecule has 9 heteroatoms. The van der Waals surface area contributed by atoms with Gasteiger partial charge >= 0.3 is 6.03 Å². The largest absolute Gasteiger partial charge is 0.338 e. The molecule has 1 aromatic carbocycles. The molecule has 0 bridgehead atoms. The predicted octanol–water partition coefficient (Wildman–Crippen LogP) is 3.44. The Labute approximate surface area is 174 Å². The van der Waals surface area contributed by atoms with Crippen LogP contribution in [0.2, 0.25) is 0 Å². The van der Waals surface area contributed by atoms with Crippen LogP contribution in [0.3, 0.4) is 0 Å². The topological polar surface area (TPSA) is 87.5 Å². The molecule has 0 fully saturated rings. The number of aromatic nitrogens is 2. The fourth-order valence-electron chi connectivity index (χ4n) is 3.31. The van der Waals surface area contributed by atoms with Gasteiger partial charge < -0.3 is 10.2 Å². The van der Waals surface area contributed by atoms with Gasteiger partial charge in [-0.25, -0.2) is 13.9 Å². The first kappa shape index (κ1) is 21.5. The van der Waals surface area contributed by atoms with Crippen molar-refractivity contribution in [3.05, 3.63) is 41.3 Å². The number of hydrogen-bond donors (Lipinski definition) is 1. The monoisotopic (exact) mass is 415 g/mol. The molecule has 0 atom stereocenters.